The van der Waals surface area contributed by atoms with Crippen LogP contribution in [0, 0.1) is 18.8 Å². The van der Waals surface area contributed by atoms with Crippen LogP contribution in [0.3, 0.4) is 0 Å². The van der Waals surface area contributed by atoms with Crippen LogP contribution in [0.5, 0.6) is 0 Å². The predicted molar refractivity (Wildman–Crippen MR) is 115 cm³/mol. The summed E-state index contributed by atoms with van der Waals surface area (Å²) in [6, 6.07) is 13.5. The van der Waals surface area contributed by atoms with Crippen molar-refractivity contribution in [2.24, 2.45) is 11.8 Å². The molecule has 0 saturated heterocycles. The molecule has 154 valence electrons. The van der Waals surface area contributed by atoms with Crippen LogP contribution in [-0.2, 0) is 14.8 Å². The van der Waals surface area contributed by atoms with Gasteiger partial charge in [-0.05, 0) is 62.3 Å². The Bertz CT molecular complexity index is 1010. The fourth-order valence-corrected chi connectivity index (χ4v) is 6.32. The van der Waals surface area contributed by atoms with Crippen molar-refractivity contribution in [2.75, 3.05) is 10.8 Å². The number of benzene rings is 2. The molecule has 29 heavy (non-hydrogen) atoms. The van der Waals surface area contributed by atoms with Gasteiger partial charge in [0.15, 0.2) is 0 Å². The van der Waals surface area contributed by atoms with Crippen LogP contribution in [-0.4, -0.2) is 26.9 Å². The highest BCUT2D eigenvalue weighted by Crippen LogP contribution is 2.44. The second-order valence-corrected chi connectivity index (χ2v) is 10.4. The number of carbonyl (C=O) groups is 1. The first kappa shape index (κ1) is 20.2. The lowest BCUT2D eigenvalue weighted by molar-refractivity contribution is -0.120. The first-order valence-corrected chi connectivity index (χ1v) is 11.8. The van der Waals surface area contributed by atoms with E-state index in [0.29, 0.717) is 17.5 Å². The molecule has 2 aliphatic rings. The van der Waals surface area contributed by atoms with E-state index in [1.807, 2.05) is 6.92 Å². The Kier molecular flexibility index (Phi) is 5.58. The van der Waals surface area contributed by atoms with Crippen LogP contribution in [0.25, 0.3) is 0 Å². The van der Waals surface area contributed by atoms with Crippen molar-refractivity contribution >= 4 is 33.2 Å². The number of carbonyl (C=O) groups excluding carboxylic acids is 1. The highest BCUT2D eigenvalue weighted by Gasteiger charge is 2.40. The maximum atomic E-state index is 13.4. The third-order valence-electron chi connectivity index (χ3n) is 6.10. The lowest BCUT2D eigenvalue weighted by atomic mass is 9.95. The maximum Gasteiger partial charge on any atom is 0.264 e. The molecular weight excluding hydrogens is 408 g/mol. The van der Waals surface area contributed by atoms with Crippen molar-refractivity contribution in [1.82, 2.24) is 5.32 Å². The number of para-hydroxylation sites is 1. The summed E-state index contributed by atoms with van der Waals surface area (Å²) >= 11 is 6.31. The normalized spacial score (nSPS) is 23.2. The fraction of sp³-hybridized carbons (Fsp3) is 0.409. The van der Waals surface area contributed by atoms with Gasteiger partial charge in [0, 0.05) is 6.04 Å². The van der Waals surface area contributed by atoms with Gasteiger partial charge in [-0.25, -0.2) is 8.42 Å². The Morgan fingerprint density at radius 3 is 2.45 bits per heavy atom. The summed E-state index contributed by atoms with van der Waals surface area (Å²) in [5.74, 6) is 0.922. The summed E-state index contributed by atoms with van der Waals surface area (Å²) in [5.41, 5.74) is 1.26. The lowest BCUT2D eigenvalue weighted by Gasteiger charge is -2.27. The first-order chi connectivity index (χ1) is 13.8. The van der Waals surface area contributed by atoms with E-state index in [9.17, 15) is 13.2 Å². The van der Waals surface area contributed by atoms with Crippen molar-refractivity contribution in [2.45, 2.75) is 43.5 Å². The summed E-state index contributed by atoms with van der Waals surface area (Å²) in [4.78, 5) is 13.0. The first-order valence-electron chi connectivity index (χ1n) is 9.98. The van der Waals surface area contributed by atoms with E-state index in [1.54, 1.807) is 48.5 Å². The zero-order chi connectivity index (χ0) is 20.6. The molecule has 1 N–H and O–H groups in total. The molecule has 5 nitrogen and oxygen atoms in total. The molecular formula is C22H25ClN2O3S. The SMILES string of the molecule is Cc1ccc(S(=O)(=O)N(CC(=O)N[C@H]2C[C@H]3CC[C@H]2C3)c2ccccc2Cl)cc1. The van der Waals surface area contributed by atoms with E-state index >= 15 is 0 Å². The number of halogens is 1. The summed E-state index contributed by atoms with van der Waals surface area (Å²) in [5, 5.41) is 3.36. The minimum Gasteiger partial charge on any atom is -0.352 e. The Balaban J connectivity index is 1.61. The van der Waals surface area contributed by atoms with Crippen LogP contribution in [0.1, 0.15) is 31.2 Å². The molecule has 4 rings (SSSR count). The van der Waals surface area contributed by atoms with E-state index in [0.717, 1.165) is 22.7 Å². The van der Waals surface area contributed by atoms with Crippen LogP contribution in [0.2, 0.25) is 5.02 Å². The Hall–Kier alpha value is -2.05. The molecule has 0 aliphatic heterocycles. The predicted octanol–water partition coefficient (Wildman–Crippen LogP) is 4.15. The molecule has 2 aromatic carbocycles. The quantitative estimate of drug-likeness (QED) is 0.745. The molecule has 7 heteroatoms. The maximum absolute atomic E-state index is 13.4. The molecule has 0 radical (unpaired) electrons. The van der Waals surface area contributed by atoms with E-state index in [-0.39, 0.29) is 28.4 Å². The Morgan fingerprint density at radius 2 is 1.83 bits per heavy atom. The van der Waals surface area contributed by atoms with Crippen molar-refractivity contribution in [3.05, 3.63) is 59.1 Å². The molecule has 3 atom stereocenters. The van der Waals surface area contributed by atoms with E-state index in [2.05, 4.69) is 5.32 Å². The van der Waals surface area contributed by atoms with Crippen LogP contribution in [0.15, 0.2) is 53.4 Å². The summed E-state index contributed by atoms with van der Waals surface area (Å²) in [6.07, 6.45) is 4.55. The minimum absolute atomic E-state index is 0.135. The summed E-state index contributed by atoms with van der Waals surface area (Å²) < 4.78 is 27.9. The number of hydrogen-bond acceptors (Lipinski definition) is 3. The van der Waals surface area contributed by atoms with Gasteiger partial charge in [0.25, 0.3) is 10.0 Å². The number of sulfonamides is 1. The second-order valence-electron chi connectivity index (χ2n) is 8.13. The van der Waals surface area contributed by atoms with Crippen molar-refractivity contribution in [3.63, 3.8) is 0 Å². The lowest BCUT2D eigenvalue weighted by Crippen LogP contribution is -2.46. The average molecular weight is 433 g/mol. The summed E-state index contributed by atoms with van der Waals surface area (Å²) in [7, 11) is -3.94. The molecule has 0 unspecified atom stereocenters. The number of hydrogen-bond donors (Lipinski definition) is 1. The monoisotopic (exact) mass is 432 g/mol. The van der Waals surface area contributed by atoms with Crippen LogP contribution in [0.4, 0.5) is 5.69 Å². The third-order valence-corrected chi connectivity index (χ3v) is 8.20. The van der Waals surface area contributed by atoms with Gasteiger partial charge in [-0.15, -0.1) is 0 Å². The number of fused-ring (bicyclic) bond motifs is 2. The Labute approximate surface area is 177 Å². The fourth-order valence-electron chi connectivity index (χ4n) is 4.60. The zero-order valence-corrected chi connectivity index (χ0v) is 17.9. The van der Waals surface area contributed by atoms with Gasteiger partial charge in [-0.3, -0.25) is 9.10 Å². The van der Waals surface area contributed by atoms with E-state index in [4.69, 9.17) is 11.6 Å². The van der Waals surface area contributed by atoms with Gasteiger partial charge in [-0.2, -0.15) is 0 Å². The molecule has 2 aromatic rings. The van der Waals surface area contributed by atoms with Gasteiger partial charge in [0.1, 0.15) is 6.54 Å². The Morgan fingerprint density at radius 1 is 1.10 bits per heavy atom. The number of nitrogens with zero attached hydrogens (tertiary/aromatic N) is 1. The van der Waals surface area contributed by atoms with Crippen molar-refractivity contribution < 1.29 is 13.2 Å². The summed E-state index contributed by atoms with van der Waals surface area (Å²) in [6.45, 7) is 1.60. The van der Waals surface area contributed by atoms with Gasteiger partial charge in [-0.1, -0.05) is 47.9 Å². The highest BCUT2D eigenvalue weighted by atomic mass is 35.5. The standard InChI is InChI=1S/C22H25ClN2O3S/c1-15-6-10-18(11-7-15)29(27,28)25(21-5-3-2-4-19(21)23)14-22(26)24-20-13-16-8-9-17(20)12-16/h2-7,10-11,16-17,20H,8-9,12-14H2,1H3,(H,24,26)/t16-,17-,20-/m0/s1. The molecule has 0 aromatic heterocycles. The molecule has 0 spiro atoms. The molecule has 2 saturated carbocycles. The van der Waals surface area contributed by atoms with Gasteiger partial charge in [0.2, 0.25) is 5.91 Å². The number of nitrogens with one attached hydrogen (secondary N) is 1. The van der Waals surface area contributed by atoms with E-state index in [1.165, 1.54) is 12.8 Å². The molecule has 2 fully saturated rings. The number of amides is 1. The zero-order valence-electron chi connectivity index (χ0n) is 16.3. The second kappa shape index (κ2) is 8.00. The minimum atomic E-state index is -3.94. The third kappa shape index (κ3) is 4.14. The van der Waals surface area contributed by atoms with Crippen molar-refractivity contribution in [1.29, 1.82) is 0 Å². The number of aryl methyl sites for hydroxylation is 1. The molecule has 1 amide bonds. The highest BCUT2D eigenvalue weighted by molar-refractivity contribution is 7.92. The van der Waals surface area contributed by atoms with Crippen LogP contribution >= 0.6 is 11.6 Å². The number of rotatable bonds is 6. The van der Waals surface area contributed by atoms with E-state index < -0.39 is 10.0 Å². The largest absolute Gasteiger partial charge is 0.352 e. The van der Waals surface area contributed by atoms with Crippen molar-refractivity contribution in [3.8, 4) is 0 Å². The van der Waals surface area contributed by atoms with Crippen LogP contribution < -0.4 is 9.62 Å². The van der Waals surface area contributed by atoms with Gasteiger partial charge >= 0.3 is 0 Å². The van der Waals surface area contributed by atoms with Gasteiger partial charge in [0.05, 0.1) is 15.6 Å². The molecule has 0 heterocycles. The molecule has 2 bridgehead atoms. The molecule has 2 aliphatic carbocycles. The smallest absolute Gasteiger partial charge is 0.264 e. The average Bonchev–Trinajstić information content (AvgIpc) is 3.30. The van der Waals surface area contributed by atoms with Gasteiger partial charge < -0.3 is 5.32 Å². The number of anilines is 1. The topological polar surface area (TPSA) is 66.5 Å².